The molecule has 3 aromatic carbocycles. The number of hydrogen-bond acceptors (Lipinski definition) is 4. The molecule has 3 aromatic rings. The molecule has 0 heterocycles. The fourth-order valence-corrected chi connectivity index (χ4v) is 2.85. The predicted octanol–water partition coefficient (Wildman–Crippen LogP) is 5.38. The second kappa shape index (κ2) is 10.7. The van der Waals surface area contributed by atoms with Gasteiger partial charge in [0, 0.05) is 22.6 Å². The lowest BCUT2D eigenvalue weighted by Crippen LogP contribution is -2.19. The van der Waals surface area contributed by atoms with Crippen LogP contribution in [-0.4, -0.2) is 25.2 Å². The van der Waals surface area contributed by atoms with Gasteiger partial charge in [0.15, 0.2) is 11.5 Å². The van der Waals surface area contributed by atoms with E-state index in [0.717, 1.165) is 0 Å². The quantitative estimate of drug-likeness (QED) is 0.457. The van der Waals surface area contributed by atoms with Crippen LogP contribution in [0.2, 0.25) is 0 Å². The Morgan fingerprint density at radius 2 is 1.23 bits per heavy atom. The van der Waals surface area contributed by atoms with Crippen LogP contribution in [0.1, 0.15) is 24.2 Å². The molecule has 3 N–H and O–H groups in total. The number of rotatable bonds is 8. The number of amides is 3. The summed E-state index contributed by atoms with van der Waals surface area (Å²) in [5.74, 6) is 0.859. The topological polar surface area (TPSA) is 88.7 Å². The number of carbonyl (C=O) groups excluding carboxylic acids is 2. The van der Waals surface area contributed by atoms with Crippen molar-refractivity contribution in [2.75, 3.05) is 29.2 Å². The van der Waals surface area contributed by atoms with Crippen molar-refractivity contribution in [3.05, 3.63) is 78.4 Å². The average molecular weight is 419 g/mol. The van der Waals surface area contributed by atoms with E-state index >= 15 is 0 Å². The van der Waals surface area contributed by atoms with Gasteiger partial charge >= 0.3 is 6.03 Å². The molecule has 0 atom stereocenters. The summed E-state index contributed by atoms with van der Waals surface area (Å²) < 4.78 is 11.1. The van der Waals surface area contributed by atoms with Crippen molar-refractivity contribution < 1.29 is 19.1 Å². The molecular weight excluding hydrogens is 394 g/mol. The molecule has 0 fully saturated rings. The number of hydrogen-bond donors (Lipinski definition) is 3. The highest BCUT2D eigenvalue weighted by molar-refractivity contribution is 6.05. The first kappa shape index (κ1) is 21.7. The van der Waals surface area contributed by atoms with Gasteiger partial charge in [0.1, 0.15) is 0 Å². The summed E-state index contributed by atoms with van der Waals surface area (Å²) in [6.45, 7) is 4.74. The number of benzene rings is 3. The Morgan fingerprint density at radius 3 is 1.84 bits per heavy atom. The van der Waals surface area contributed by atoms with Crippen molar-refractivity contribution in [2.24, 2.45) is 0 Å². The van der Waals surface area contributed by atoms with Crippen molar-refractivity contribution >= 4 is 29.0 Å². The number of nitrogens with one attached hydrogen (secondary N) is 3. The third-order valence-electron chi connectivity index (χ3n) is 4.24. The van der Waals surface area contributed by atoms with Gasteiger partial charge in [0.2, 0.25) is 0 Å². The van der Waals surface area contributed by atoms with E-state index in [1.165, 1.54) is 0 Å². The van der Waals surface area contributed by atoms with Crippen LogP contribution in [0.3, 0.4) is 0 Å². The molecule has 7 heteroatoms. The molecule has 0 aromatic heterocycles. The standard InChI is InChI=1S/C24H25N3O4/c1-3-30-21-15-10-17(16-22(21)31-4-2)23(28)25-19-11-13-20(14-12-19)27-24(29)26-18-8-6-5-7-9-18/h5-16H,3-4H2,1-2H3,(H,25,28)(H2,26,27,29). The highest BCUT2D eigenvalue weighted by Gasteiger charge is 2.12. The number of carbonyl (C=O) groups is 2. The van der Waals surface area contributed by atoms with Gasteiger partial charge in [-0.05, 0) is 68.4 Å². The third kappa shape index (κ3) is 6.24. The van der Waals surface area contributed by atoms with E-state index in [2.05, 4.69) is 16.0 Å². The molecular formula is C24H25N3O4. The summed E-state index contributed by atoms with van der Waals surface area (Å²) in [5, 5.41) is 8.33. The van der Waals surface area contributed by atoms with E-state index in [0.29, 0.717) is 47.3 Å². The van der Waals surface area contributed by atoms with Gasteiger partial charge in [-0.2, -0.15) is 0 Å². The molecule has 0 aliphatic heterocycles. The zero-order valence-corrected chi connectivity index (χ0v) is 17.5. The Bertz CT molecular complexity index is 1020. The van der Waals surface area contributed by atoms with Crippen molar-refractivity contribution in [3.8, 4) is 11.5 Å². The maximum Gasteiger partial charge on any atom is 0.323 e. The summed E-state index contributed by atoms with van der Waals surface area (Å²) in [6, 6.07) is 20.7. The minimum Gasteiger partial charge on any atom is -0.490 e. The smallest absolute Gasteiger partial charge is 0.323 e. The highest BCUT2D eigenvalue weighted by atomic mass is 16.5. The molecule has 0 bridgehead atoms. The summed E-state index contributed by atoms with van der Waals surface area (Å²) in [5.41, 5.74) is 2.36. The Kier molecular flexibility index (Phi) is 7.48. The first-order valence-corrected chi connectivity index (χ1v) is 10.0. The Morgan fingerprint density at radius 1 is 0.677 bits per heavy atom. The Balaban J connectivity index is 1.61. The molecule has 160 valence electrons. The Labute approximate surface area is 181 Å². The lowest BCUT2D eigenvalue weighted by Gasteiger charge is -2.13. The zero-order valence-electron chi connectivity index (χ0n) is 17.5. The van der Waals surface area contributed by atoms with Crippen LogP contribution in [0.25, 0.3) is 0 Å². The van der Waals surface area contributed by atoms with Crippen molar-refractivity contribution in [1.82, 2.24) is 0 Å². The van der Waals surface area contributed by atoms with Crippen LogP contribution in [0, 0.1) is 0 Å². The molecule has 0 radical (unpaired) electrons. The summed E-state index contributed by atoms with van der Waals surface area (Å²) in [6.07, 6.45) is 0. The van der Waals surface area contributed by atoms with Crippen LogP contribution < -0.4 is 25.4 Å². The van der Waals surface area contributed by atoms with Crippen LogP contribution in [0.15, 0.2) is 72.8 Å². The van der Waals surface area contributed by atoms with E-state index in [4.69, 9.17) is 9.47 Å². The van der Waals surface area contributed by atoms with E-state index in [9.17, 15) is 9.59 Å². The summed E-state index contributed by atoms with van der Waals surface area (Å²) in [4.78, 5) is 24.7. The SMILES string of the molecule is CCOc1ccc(C(=O)Nc2ccc(NC(=O)Nc3ccccc3)cc2)cc1OCC. The second-order valence-corrected chi connectivity index (χ2v) is 6.50. The van der Waals surface area contributed by atoms with Crippen molar-refractivity contribution in [2.45, 2.75) is 13.8 Å². The van der Waals surface area contributed by atoms with Gasteiger partial charge in [0.05, 0.1) is 13.2 Å². The number of urea groups is 1. The molecule has 0 saturated heterocycles. The maximum atomic E-state index is 12.6. The maximum absolute atomic E-state index is 12.6. The molecule has 7 nitrogen and oxygen atoms in total. The minimum absolute atomic E-state index is 0.272. The first-order chi connectivity index (χ1) is 15.1. The number of anilines is 3. The summed E-state index contributed by atoms with van der Waals surface area (Å²) in [7, 11) is 0. The molecule has 0 aliphatic rings. The molecule has 0 unspecified atom stereocenters. The molecule has 0 spiro atoms. The molecule has 31 heavy (non-hydrogen) atoms. The average Bonchev–Trinajstić information content (AvgIpc) is 2.77. The molecule has 3 rings (SSSR count). The lowest BCUT2D eigenvalue weighted by atomic mass is 10.1. The van der Waals surface area contributed by atoms with E-state index in [1.54, 1.807) is 54.6 Å². The minimum atomic E-state index is -0.346. The van der Waals surface area contributed by atoms with Gasteiger partial charge < -0.3 is 25.4 Å². The fourth-order valence-electron chi connectivity index (χ4n) is 2.85. The van der Waals surface area contributed by atoms with Crippen molar-refractivity contribution in [1.29, 1.82) is 0 Å². The zero-order chi connectivity index (χ0) is 22.1. The number of ether oxygens (including phenoxy) is 2. The van der Waals surface area contributed by atoms with Crippen LogP contribution in [0.4, 0.5) is 21.9 Å². The largest absolute Gasteiger partial charge is 0.490 e. The van der Waals surface area contributed by atoms with Gasteiger partial charge in [-0.25, -0.2) is 4.79 Å². The molecule has 0 saturated carbocycles. The van der Waals surface area contributed by atoms with Gasteiger partial charge in [-0.3, -0.25) is 4.79 Å². The van der Waals surface area contributed by atoms with Gasteiger partial charge in [0.25, 0.3) is 5.91 Å². The van der Waals surface area contributed by atoms with Crippen molar-refractivity contribution in [3.63, 3.8) is 0 Å². The van der Waals surface area contributed by atoms with Crippen LogP contribution in [-0.2, 0) is 0 Å². The second-order valence-electron chi connectivity index (χ2n) is 6.50. The molecule has 3 amide bonds. The highest BCUT2D eigenvalue weighted by Crippen LogP contribution is 2.29. The third-order valence-corrected chi connectivity index (χ3v) is 4.24. The predicted molar refractivity (Wildman–Crippen MR) is 122 cm³/mol. The number of para-hydroxylation sites is 1. The lowest BCUT2D eigenvalue weighted by molar-refractivity contribution is 0.102. The van der Waals surface area contributed by atoms with E-state index in [1.807, 2.05) is 32.0 Å². The first-order valence-electron chi connectivity index (χ1n) is 10.0. The van der Waals surface area contributed by atoms with Crippen LogP contribution in [0.5, 0.6) is 11.5 Å². The Hall–Kier alpha value is -4.00. The van der Waals surface area contributed by atoms with E-state index < -0.39 is 0 Å². The van der Waals surface area contributed by atoms with E-state index in [-0.39, 0.29) is 11.9 Å². The normalized spacial score (nSPS) is 10.1. The van der Waals surface area contributed by atoms with Crippen LogP contribution >= 0.6 is 0 Å². The van der Waals surface area contributed by atoms with Gasteiger partial charge in [-0.15, -0.1) is 0 Å². The molecule has 0 aliphatic carbocycles. The van der Waals surface area contributed by atoms with Gasteiger partial charge in [-0.1, -0.05) is 18.2 Å². The fraction of sp³-hybridized carbons (Fsp3) is 0.167. The monoisotopic (exact) mass is 419 g/mol. The summed E-state index contributed by atoms with van der Waals surface area (Å²) >= 11 is 0.